The molecule has 0 amide bonds. The van der Waals surface area contributed by atoms with Crippen LogP contribution in [0.15, 0.2) is 4.42 Å². The molecule has 12 heavy (non-hydrogen) atoms. The molecule has 0 aromatic carbocycles. The highest BCUT2D eigenvalue weighted by atomic mass is 16.5. The van der Waals surface area contributed by atoms with Gasteiger partial charge in [-0.1, -0.05) is 20.8 Å². The standard InChI is InChI=1S/C8H14N2O2/c1-8(2,3)7-10-9-6(12-7)5-11-4/h5H2,1-4H3. The molecule has 0 N–H and O–H groups in total. The SMILES string of the molecule is COCc1nnc(C(C)(C)C)o1. The Morgan fingerprint density at radius 3 is 2.42 bits per heavy atom. The van der Waals surface area contributed by atoms with E-state index in [2.05, 4.69) is 10.2 Å². The minimum atomic E-state index is -0.0843. The fourth-order valence-electron chi connectivity index (χ4n) is 0.738. The molecule has 1 heterocycles. The summed E-state index contributed by atoms with van der Waals surface area (Å²) in [6.07, 6.45) is 0. The van der Waals surface area contributed by atoms with Crippen LogP contribution in [-0.4, -0.2) is 17.3 Å². The third kappa shape index (κ3) is 2.04. The average molecular weight is 170 g/mol. The van der Waals surface area contributed by atoms with E-state index in [1.165, 1.54) is 0 Å². The summed E-state index contributed by atoms with van der Waals surface area (Å²) >= 11 is 0. The van der Waals surface area contributed by atoms with Crippen molar-refractivity contribution in [1.82, 2.24) is 10.2 Å². The quantitative estimate of drug-likeness (QED) is 0.675. The Morgan fingerprint density at radius 2 is 2.00 bits per heavy atom. The number of hydrogen-bond donors (Lipinski definition) is 0. The largest absolute Gasteiger partial charge is 0.422 e. The summed E-state index contributed by atoms with van der Waals surface area (Å²) in [6.45, 7) is 6.45. The Labute approximate surface area is 71.9 Å². The van der Waals surface area contributed by atoms with Crippen LogP contribution >= 0.6 is 0 Å². The van der Waals surface area contributed by atoms with E-state index in [0.717, 1.165) is 0 Å². The molecule has 0 bridgehead atoms. The van der Waals surface area contributed by atoms with Gasteiger partial charge in [-0.05, 0) is 0 Å². The van der Waals surface area contributed by atoms with Crippen molar-refractivity contribution in [3.05, 3.63) is 11.8 Å². The van der Waals surface area contributed by atoms with Crippen molar-refractivity contribution in [3.8, 4) is 0 Å². The fourth-order valence-corrected chi connectivity index (χ4v) is 0.738. The number of rotatable bonds is 2. The van der Waals surface area contributed by atoms with Crippen LogP contribution in [0.3, 0.4) is 0 Å². The summed E-state index contributed by atoms with van der Waals surface area (Å²) in [5.41, 5.74) is -0.0843. The fraction of sp³-hybridized carbons (Fsp3) is 0.750. The third-order valence-corrected chi connectivity index (χ3v) is 1.38. The molecule has 1 aromatic heterocycles. The van der Waals surface area contributed by atoms with Gasteiger partial charge in [0.15, 0.2) is 0 Å². The summed E-state index contributed by atoms with van der Waals surface area (Å²) in [4.78, 5) is 0. The van der Waals surface area contributed by atoms with Gasteiger partial charge in [0.25, 0.3) is 0 Å². The van der Waals surface area contributed by atoms with Crippen molar-refractivity contribution < 1.29 is 9.15 Å². The lowest BCUT2D eigenvalue weighted by molar-refractivity contribution is 0.156. The first-order valence-corrected chi connectivity index (χ1v) is 3.86. The second-order valence-corrected chi connectivity index (χ2v) is 3.68. The summed E-state index contributed by atoms with van der Waals surface area (Å²) in [5, 5.41) is 7.74. The molecule has 68 valence electrons. The lowest BCUT2D eigenvalue weighted by Gasteiger charge is -2.10. The molecular weight excluding hydrogens is 156 g/mol. The van der Waals surface area contributed by atoms with Crippen LogP contribution in [0.25, 0.3) is 0 Å². The molecule has 0 atom stereocenters. The van der Waals surface area contributed by atoms with Crippen LogP contribution < -0.4 is 0 Å². The van der Waals surface area contributed by atoms with E-state index in [1.807, 2.05) is 20.8 Å². The molecule has 0 aliphatic rings. The minimum absolute atomic E-state index is 0.0843. The molecule has 0 aliphatic heterocycles. The van der Waals surface area contributed by atoms with Gasteiger partial charge in [0.05, 0.1) is 0 Å². The van der Waals surface area contributed by atoms with Gasteiger partial charge in [-0.3, -0.25) is 0 Å². The predicted molar refractivity (Wildman–Crippen MR) is 43.7 cm³/mol. The molecule has 1 aromatic rings. The number of nitrogens with zero attached hydrogens (tertiary/aromatic N) is 2. The van der Waals surface area contributed by atoms with Crippen molar-refractivity contribution in [2.45, 2.75) is 32.8 Å². The molecular formula is C8H14N2O2. The molecule has 4 nitrogen and oxygen atoms in total. The summed E-state index contributed by atoms with van der Waals surface area (Å²) in [6, 6.07) is 0. The van der Waals surface area contributed by atoms with Crippen LogP contribution in [0.1, 0.15) is 32.6 Å². The number of methoxy groups -OCH3 is 1. The Bertz CT molecular complexity index is 250. The normalized spacial score (nSPS) is 12.0. The Kier molecular flexibility index (Phi) is 2.47. The van der Waals surface area contributed by atoms with Gasteiger partial charge in [0, 0.05) is 12.5 Å². The van der Waals surface area contributed by atoms with Crippen molar-refractivity contribution in [3.63, 3.8) is 0 Å². The maximum atomic E-state index is 5.34. The van der Waals surface area contributed by atoms with Crippen LogP contribution in [0.4, 0.5) is 0 Å². The molecule has 0 saturated heterocycles. The second kappa shape index (κ2) is 3.23. The molecule has 4 heteroatoms. The van der Waals surface area contributed by atoms with E-state index in [1.54, 1.807) is 7.11 Å². The number of aromatic nitrogens is 2. The topological polar surface area (TPSA) is 48.2 Å². The van der Waals surface area contributed by atoms with E-state index >= 15 is 0 Å². The van der Waals surface area contributed by atoms with Gasteiger partial charge in [0.1, 0.15) is 6.61 Å². The minimum Gasteiger partial charge on any atom is -0.422 e. The molecule has 0 unspecified atom stereocenters. The van der Waals surface area contributed by atoms with E-state index in [4.69, 9.17) is 9.15 Å². The lowest BCUT2D eigenvalue weighted by Crippen LogP contribution is -2.11. The van der Waals surface area contributed by atoms with Crippen molar-refractivity contribution in [2.24, 2.45) is 0 Å². The van der Waals surface area contributed by atoms with Crippen molar-refractivity contribution in [2.75, 3.05) is 7.11 Å². The summed E-state index contributed by atoms with van der Waals surface area (Å²) in [5.74, 6) is 1.18. The van der Waals surface area contributed by atoms with Gasteiger partial charge >= 0.3 is 0 Å². The Balaban J connectivity index is 2.77. The van der Waals surface area contributed by atoms with Crippen LogP contribution in [-0.2, 0) is 16.8 Å². The first-order chi connectivity index (χ1) is 5.54. The van der Waals surface area contributed by atoms with E-state index in [9.17, 15) is 0 Å². The van der Waals surface area contributed by atoms with Crippen molar-refractivity contribution in [1.29, 1.82) is 0 Å². The number of hydrogen-bond acceptors (Lipinski definition) is 4. The van der Waals surface area contributed by atoms with Crippen LogP contribution in [0.2, 0.25) is 0 Å². The third-order valence-electron chi connectivity index (χ3n) is 1.38. The molecule has 0 fully saturated rings. The van der Waals surface area contributed by atoms with Gasteiger partial charge in [-0.25, -0.2) is 0 Å². The highest BCUT2D eigenvalue weighted by molar-refractivity contribution is 4.95. The van der Waals surface area contributed by atoms with Crippen molar-refractivity contribution >= 4 is 0 Å². The average Bonchev–Trinajstić information content (AvgIpc) is 2.35. The summed E-state index contributed by atoms with van der Waals surface area (Å²) < 4.78 is 10.2. The number of ether oxygens (including phenoxy) is 1. The zero-order valence-electron chi connectivity index (χ0n) is 7.92. The van der Waals surface area contributed by atoms with Crippen LogP contribution in [0, 0.1) is 0 Å². The van der Waals surface area contributed by atoms with E-state index < -0.39 is 0 Å². The predicted octanol–water partition coefficient (Wildman–Crippen LogP) is 1.51. The maximum Gasteiger partial charge on any atom is 0.242 e. The highest BCUT2D eigenvalue weighted by Crippen LogP contribution is 2.20. The monoisotopic (exact) mass is 170 g/mol. The molecule has 0 saturated carbocycles. The first-order valence-electron chi connectivity index (χ1n) is 3.86. The maximum absolute atomic E-state index is 5.34. The molecule has 0 aliphatic carbocycles. The molecule has 1 rings (SSSR count). The van der Waals surface area contributed by atoms with Gasteiger partial charge < -0.3 is 9.15 Å². The lowest BCUT2D eigenvalue weighted by atomic mass is 9.97. The zero-order valence-corrected chi connectivity index (χ0v) is 7.92. The van der Waals surface area contributed by atoms with Gasteiger partial charge in [-0.15, -0.1) is 10.2 Å². The molecule has 0 spiro atoms. The highest BCUT2D eigenvalue weighted by Gasteiger charge is 2.20. The zero-order chi connectivity index (χ0) is 9.19. The first kappa shape index (κ1) is 9.19. The van der Waals surface area contributed by atoms with E-state index in [0.29, 0.717) is 18.4 Å². The smallest absolute Gasteiger partial charge is 0.242 e. The Morgan fingerprint density at radius 1 is 1.33 bits per heavy atom. The molecule has 0 radical (unpaired) electrons. The Hall–Kier alpha value is -0.900. The van der Waals surface area contributed by atoms with E-state index in [-0.39, 0.29) is 5.41 Å². The van der Waals surface area contributed by atoms with Crippen LogP contribution in [0.5, 0.6) is 0 Å². The van der Waals surface area contributed by atoms with Gasteiger partial charge in [0.2, 0.25) is 11.8 Å². The summed E-state index contributed by atoms with van der Waals surface area (Å²) in [7, 11) is 1.60. The van der Waals surface area contributed by atoms with Gasteiger partial charge in [-0.2, -0.15) is 0 Å². The second-order valence-electron chi connectivity index (χ2n) is 3.68.